The van der Waals surface area contributed by atoms with Crippen LogP contribution in [0.2, 0.25) is 0 Å². The largest absolute Gasteiger partial charge is 0.493 e. The van der Waals surface area contributed by atoms with Crippen molar-refractivity contribution >= 4 is 29.1 Å². The minimum atomic E-state index is -0.295. The average molecular weight is 355 g/mol. The van der Waals surface area contributed by atoms with E-state index in [2.05, 4.69) is 15.5 Å². The molecule has 1 aliphatic heterocycles. The number of thioether (sulfide) groups is 1. The Hall–Kier alpha value is -2.80. The van der Waals surface area contributed by atoms with Crippen LogP contribution in [0, 0.1) is 0 Å². The molecule has 1 aliphatic rings. The van der Waals surface area contributed by atoms with Gasteiger partial charge in [-0.25, -0.2) is 0 Å². The number of ether oxygens (including phenoxy) is 2. The molecule has 128 valence electrons. The van der Waals surface area contributed by atoms with Gasteiger partial charge in [-0.1, -0.05) is 42.1 Å². The molecule has 0 bridgehead atoms. The van der Waals surface area contributed by atoms with Gasteiger partial charge >= 0.3 is 0 Å². The summed E-state index contributed by atoms with van der Waals surface area (Å²) >= 11 is 1.35. The third-order valence-electron chi connectivity index (χ3n) is 3.56. The summed E-state index contributed by atoms with van der Waals surface area (Å²) < 4.78 is 10.4. The van der Waals surface area contributed by atoms with E-state index in [1.807, 2.05) is 36.4 Å². The topological polar surface area (TPSA) is 72.3 Å². The Morgan fingerprint density at radius 3 is 2.56 bits per heavy atom. The van der Waals surface area contributed by atoms with Crippen molar-refractivity contribution in [3.8, 4) is 11.5 Å². The number of amidine groups is 1. The van der Waals surface area contributed by atoms with E-state index < -0.39 is 0 Å². The molecule has 1 amide bonds. The van der Waals surface area contributed by atoms with E-state index >= 15 is 0 Å². The van der Waals surface area contributed by atoms with E-state index in [9.17, 15) is 4.79 Å². The second-order valence-electron chi connectivity index (χ2n) is 5.16. The SMILES string of the molecule is COc1ccc(/C=N/N=C2\NC(=O)C(c3ccccc3)S2)cc1OC. The smallest absolute Gasteiger partial charge is 0.244 e. The number of nitrogens with zero attached hydrogens (tertiary/aromatic N) is 2. The van der Waals surface area contributed by atoms with E-state index in [0.717, 1.165) is 11.1 Å². The minimum absolute atomic E-state index is 0.0868. The minimum Gasteiger partial charge on any atom is -0.493 e. The lowest BCUT2D eigenvalue weighted by Gasteiger charge is -2.07. The quantitative estimate of drug-likeness (QED) is 0.661. The molecule has 0 aromatic heterocycles. The molecule has 25 heavy (non-hydrogen) atoms. The van der Waals surface area contributed by atoms with Gasteiger partial charge < -0.3 is 14.8 Å². The van der Waals surface area contributed by atoms with Gasteiger partial charge in [0, 0.05) is 0 Å². The number of nitrogens with one attached hydrogen (secondary N) is 1. The predicted molar refractivity (Wildman–Crippen MR) is 99.5 cm³/mol. The van der Waals surface area contributed by atoms with Crippen molar-refractivity contribution in [2.75, 3.05) is 14.2 Å². The Bertz CT molecular complexity index is 822. The molecule has 0 aliphatic carbocycles. The first-order valence-corrected chi connectivity index (χ1v) is 8.44. The van der Waals surface area contributed by atoms with Gasteiger partial charge in [-0.05, 0) is 29.3 Å². The highest BCUT2D eigenvalue weighted by atomic mass is 32.2. The maximum atomic E-state index is 12.1. The summed E-state index contributed by atoms with van der Waals surface area (Å²) in [5, 5.41) is 11.1. The monoisotopic (exact) mass is 355 g/mol. The lowest BCUT2D eigenvalue weighted by atomic mass is 10.1. The summed E-state index contributed by atoms with van der Waals surface area (Å²) in [4.78, 5) is 12.1. The van der Waals surface area contributed by atoms with Gasteiger partial charge in [-0.2, -0.15) is 5.10 Å². The van der Waals surface area contributed by atoms with Gasteiger partial charge in [0.25, 0.3) is 0 Å². The second-order valence-corrected chi connectivity index (χ2v) is 6.26. The van der Waals surface area contributed by atoms with Crippen molar-refractivity contribution < 1.29 is 14.3 Å². The molecule has 6 nitrogen and oxygen atoms in total. The highest BCUT2D eigenvalue weighted by molar-refractivity contribution is 8.15. The third-order valence-corrected chi connectivity index (χ3v) is 4.69. The third kappa shape index (κ3) is 4.00. The summed E-state index contributed by atoms with van der Waals surface area (Å²) in [5.74, 6) is 1.18. The van der Waals surface area contributed by atoms with Crippen molar-refractivity contribution in [2.24, 2.45) is 10.2 Å². The number of rotatable bonds is 5. The molecule has 1 fully saturated rings. The second kappa shape index (κ2) is 7.85. The number of carbonyl (C=O) groups is 1. The van der Waals surface area contributed by atoms with Gasteiger partial charge in [0.15, 0.2) is 16.7 Å². The standard InChI is InChI=1S/C18H17N3O3S/c1-23-14-9-8-12(10-15(14)24-2)11-19-21-18-20-17(22)16(25-18)13-6-4-3-5-7-13/h3-11,16H,1-2H3,(H,20,21,22)/b19-11+. The molecule has 1 heterocycles. The summed E-state index contributed by atoms with van der Waals surface area (Å²) in [6.07, 6.45) is 1.59. The fraction of sp³-hybridized carbons (Fsp3) is 0.167. The molecule has 0 saturated carbocycles. The Balaban J connectivity index is 1.70. The van der Waals surface area contributed by atoms with Crippen LogP contribution in [0.5, 0.6) is 11.5 Å². The summed E-state index contributed by atoms with van der Waals surface area (Å²) in [6.45, 7) is 0. The van der Waals surface area contributed by atoms with Crippen LogP contribution in [0.25, 0.3) is 0 Å². The maximum absolute atomic E-state index is 12.1. The number of hydrogen-bond acceptors (Lipinski definition) is 6. The zero-order chi connectivity index (χ0) is 17.6. The summed E-state index contributed by atoms with van der Waals surface area (Å²) in [5.41, 5.74) is 1.76. The van der Waals surface area contributed by atoms with Crippen LogP contribution in [0.3, 0.4) is 0 Å². The molecule has 0 radical (unpaired) electrons. The van der Waals surface area contributed by atoms with Crippen molar-refractivity contribution in [1.82, 2.24) is 5.32 Å². The Morgan fingerprint density at radius 1 is 1.08 bits per heavy atom. The molecule has 0 spiro atoms. The molecule has 1 saturated heterocycles. The van der Waals surface area contributed by atoms with Crippen molar-refractivity contribution in [3.05, 3.63) is 59.7 Å². The summed E-state index contributed by atoms with van der Waals surface area (Å²) in [6, 6.07) is 15.0. The van der Waals surface area contributed by atoms with Crippen molar-refractivity contribution in [3.63, 3.8) is 0 Å². The van der Waals surface area contributed by atoms with Crippen LogP contribution in [0.1, 0.15) is 16.4 Å². The van der Waals surface area contributed by atoms with Gasteiger partial charge in [-0.3, -0.25) is 4.79 Å². The number of carbonyl (C=O) groups excluding carboxylic acids is 1. The van der Waals surface area contributed by atoms with Crippen molar-refractivity contribution in [1.29, 1.82) is 0 Å². The van der Waals surface area contributed by atoms with E-state index in [-0.39, 0.29) is 11.2 Å². The predicted octanol–water partition coefficient (Wildman–Crippen LogP) is 3.00. The Kier molecular flexibility index (Phi) is 5.35. The Labute approximate surface area is 149 Å². The molecule has 2 aromatic carbocycles. The van der Waals surface area contributed by atoms with E-state index in [1.165, 1.54) is 11.8 Å². The van der Waals surface area contributed by atoms with Crippen LogP contribution in [0.15, 0.2) is 58.7 Å². The lowest BCUT2D eigenvalue weighted by Crippen LogP contribution is -2.21. The molecule has 1 N–H and O–H groups in total. The fourth-order valence-corrected chi connectivity index (χ4v) is 3.28. The van der Waals surface area contributed by atoms with E-state index in [4.69, 9.17) is 9.47 Å². The normalized spacial score (nSPS) is 18.6. The molecule has 3 rings (SSSR count). The highest BCUT2D eigenvalue weighted by Gasteiger charge is 2.31. The first-order chi connectivity index (χ1) is 12.2. The van der Waals surface area contributed by atoms with Crippen LogP contribution in [-0.4, -0.2) is 31.5 Å². The number of hydrogen-bond donors (Lipinski definition) is 1. The molecule has 2 aromatic rings. The van der Waals surface area contributed by atoms with Crippen LogP contribution < -0.4 is 14.8 Å². The van der Waals surface area contributed by atoms with Gasteiger partial charge in [0.1, 0.15) is 5.25 Å². The number of amides is 1. The summed E-state index contributed by atoms with van der Waals surface area (Å²) in [7, 11) is 3.16. The van der Waals surface area contributed by atoms with Crippen molar-refractivity contribution in [2.45, 2.75) is 5.25 Å². The highest BCUT2D eigenvalue weighted by Crippen LogP contribution is 2.34. The van der Waals surface area contributed by atoms with Gasteiger partial charge in [0.2, 0.25) is 5.91 Å². The van der Waals surface area contributed by atoms with Gasteiger partial charge in [0.05, 0.1) is 20.4 Å². The average Bonchev–Trinajstić information content (AvgIpc) is 3.03. The van der Waals surface area contributed by atoms with Gasteiger partial charge in [-0.15, -0.1) is 5.10 Å². The van der Waals surface area contributed by atoms with E-state index in [0.29, 0.717) is 16.7 Å². The molecule has 7 heteroatoms. The zero-order valence-electron chi connectivity index (χ0n) is 13.8. The molecule has 1 atom stereocenters. The molecular weight excluding hydrogens is 338 g/mol. The lowest BCUT2D eigenvalue weighted by molar-refractivity contribution is -0.118. The van der Waals surface area contributed by atoms with Crippen LogP contribution in [0.4, 0.5) is 0 Å². The molecular formula is C18H17N3O3S. The first-order valence-electron chi connectivity index (χ1n) is 7.57. The number of benzene rings is 2. The number of methoxy groups -OCH3 is 2. The first kappa shape index (κ1) is 17.0. The van der Waals surface area contributed by atoms with Crippen LogP contribution >= 0.6 is 11.8 Å². The molecule has 1 unspecified atom stereocenters. The maximum Gasteiger partial charge on any atom is 0.244 e. The zero-order valence-corrected chi connectivity index (χ0v) is 14.6. The van der Waals surface area contributed by atoms with Crippen LogP contribution in [-0.2, 0) is 4.79 Å². The Morgan fingerprint density at radius 2 is 1.84 bits per heavy atom. The van der Waals surface area contributed by atoms with E-state index in [1.54, 1.807) is 32.6 Å². The fourth-order valence-electron chi connectivity index (χ4n) is 2.34.